The van der Waals surface area contributed by atoms with Crippen molar-refractivity contribution in [1.82, 2.24) is 10.1 Å². The van der Waals surface area contributed by atoms with Gasteiger partial charge in [-0.25, -0.2) is 0 Å². The Morgan fingerprint density at radius 2 is 2.04 bits per heavy atom. The molecule has 2 aromatic carbocycles. The number of aromatic nitrogens is 2. The summed E-state index contributed by atoms with van der Waals surface area (Å²) < 4.78 is 16.8. The first-order valence-corrected chi connectivity index (χ1v) is 8.45. The molecule has 8 heteroatoms. The van der Waals surface area contributed by atoms with E-state index in [4.69, 9.17) is 25.6 Å². The summed E-state index contributed by atoms with van der Waals surface area (Å²) in [5.41, 5.74) is 1.45. The van der Waals surface area contributed by atoms with Crippen LogP contribution in [0, 0.1) is 0 Å². The van der Waals surface area contributed by atoms with E-state index in [-0.39, 0.29) is 6.61 Å². The number of benzene rings is 2. The smallest absolute Gasteiger partial charge is 0.271 e. The molecule has 0 bridgehead atoms. The van der Waals surface area contributed by atoms with Crippen molar-refractivity contribution in [2.75, 3.05) is 11.9 Å². The van der Waals surface area contributed by atoms with Gasteiger partial charge in [-0.15, -0.1) is 0 Å². The SMILES string of the molecule is OCc1ccc(Cl)c(NCc2noc([C@@H]3COc4ccccc4O3)n2)c1. The number of para-hydroxylation sites is 2. The lowest BCUT2D eigenvalue weighted by molar-refractivity contribution is 0.0665. The molecule has 0 fully saturated rings. The van der Waals surface area contributed by atoms with E-state index in [2.05, 4.69) is 15.5 Å². The van der Waals surface area contributed by atoms with Crippen LogP contribution in [0.25, 0.3) is 0 Å². The summed E-state index contributed by atoms with van der Waals surface area (Å²) in [5.74, 6) is 2.16. The van der Waals surface area contributed by atoms with Gasteiger partial charge >= 0.3 is 0 Å². The van der Waals surface area contributed by atoms with Crippen molar-refractivity contribution in [3.8, 4) is 11.5 Å². The molecule has 0 radical (unpaired) electrons. The third-order valence-electron chi connectivity index (χ3n) is 3.92. The molecule has 2 heterocycles. The number of nitrogens with zero attached hydrogens (tertiary/aromatic N) is 2. The highest BCUT2D eigenvalue weighted by molar-refractivity contribution is 6.33. The first-order valence-electron chi connectivity index (χ1n) is 8.07. The normalized spacial score (nSPS) is 15.7. The van der Waals surface area contributed by atoms with Gasteiger partial charge in [0.25, 0.3) is 5.89 Å². The lowest BCUT2D eigenvalue weighted by atomic mass is 10.2. The summed E-state index contributed by atoms with van der Waals surface area (Å²) in [5, 5.41) is 16.9. The summed E-state index contributed by atoms with van der Waals surface area (Å²) in [6.45, 7) is 0.567. The number of fused-ring (bicyclic) bond motifs is 1. The van der Waals surface area contributed by atoms with Gasteiger partial charge in [-0.05, 0) is 29.8 Å². The van der Waals surface area contributed by atoms with Crippen molar-refractivity contribution in [3.05, 3.63) is 64.8 Å². The summed E-state index contributed by atoms with van der Waals surface area (Å²) in [4.78, 5) is 4.36. The lowest BCUT2D eigenvalue weighted by Gasteiger charge is -2.23. The molecule has 1 aliphatic rings. The molecule has 2 N–H and O–H groups in total. The van der Waals surface area contributed by atoms with Crippen LogP contribution in [0.3, 0.4) is 0 Å². The fourth-order valence-corrected chi connectivity index (χ4v) is 2.78. The van der Waals surface area contributed by atoms with Crippen LogP contribution in [-0.2, 0) is 13.2 Å². The standard InChI is InChI=1S/C18H16ClN3O4/c19-12-6-5-11(9-23)7-13(12)20-8-17-21-18(26-22-17)16-10-24-14-3-1-2-4-15(14)25-16/h1-7,16,20,23H,8-10H2/t16-/m0/s1. The van der Waals surface area contributed by atoms with Crippen LogP contribution >= 0.6 is 11.6 Å². The molecule has 3 aromatic rings. The van der Waals surface area contributed by atoms with Gasteiger partial charge in [0, 0.05) is 0 Å². The molecular weight excluding hydrogens is 358 g/mol. The van der Waals surface area contributed by atoms with Gasteiger partial charge < -0.3 is 24.4 Å². The van der Waals surface area contributed by atoms with E-state index in [1.54, 1.807) is 18.2 Å². The van der Waals surface area contributed by atoms with Crippen LogP contribution in [0.5, 0.6) is 11.5 Å². The fourth-order valence-electron chi connectivity index (χ4n) is 2.59. The number of aliphatic hydroxyl groups excluding tert-OH is 1. The first-order chi connectivity index (χ1) is 12.7. The maximum atomic E-state index is 9.22. The number of nitrogens with one attached hydrogen (secondary N) is 1. The zero-order valence-electron chi connectivity index (χ0n) is 13.7. The van der Waals surface area contributed by atoms with Crippen LogP contribution < -0.4 is 14.8 Å². The van der Waals surface area contributed by atoms with Crippen LogP contribution in [0.4, 0.5) is 5.69 Å². The summed E-state index contributed by atoms with van der Waals surface area (Å²) >= 11 is 6.15. The highest BCUT2D eigenvalue weighted by Gasteiger charge is 2.27. The Hall–Kier alpha value is -2.77. The van der Waals surface area contributed by atoms with Gasteiger partial charge in [-0.2, -0.15) is 4.98 Å². The monoisotopic (exact) mass is 373 g/mol. The summed E-state index contributed by atoms with van der Waals surface area (Å²) in [6, 6.07) is 12.7. The Labute approximate surface area is 154 Å². The Kier molecular flexibility index (Phi) is 4.64. The fraction of sp³-hybridized carbons (Fsp3) is 0.222. The van der Waals surface area contributed by atoms with Gasteiger partial charge in [0.05, 0.1) is 23.9 Å². The third kappa shape index (κ3) is 3.44. The summed E-state index contributed by atoms with van der Waals surface area (Å²) in [7, 11) is 0. The molecule has 134 valence electrons. The number of aliphatic hydroxyl groups is 1. The summed E-state index contributed by atoms with van der Waals surface area (Å²) in [6.07, 6.45) is -0.451. The predicted molar refractivity (Wildman–Crippen MR) is 94.3 cm³/mol. The molecule has 0 unspecified atom stereocenters. The Balaban J connectivity index is 1.43. The Morgan fingerprint density at radius 1 is 1.19 bits per heavy atom. The maximum absolute atomic E-state index is 9.22. The van der Waals surface area contributed by atoms with Gasteiger partial charge in [-0.1, -0.05) is 35.0 Å². The predicted octanol–water partition coefficient (Wildman–Crippen LogP) is 3.34. The van der Waals surface area contributed by atoms with Crippen molar-refractivity contribution in [2.24, 2.45) is 0 Å². The minimum Gasteiger partial charge on any atom is -0.485 e. The molecular formula is C18H16ClN3O4. The third-order valence-corrected chi connectivity index (χ3v) is 4.25. The number of halogens is 1. The molecule has 0 spiro atoms. The van der Waals surface area contributed by atoms with Gasteiger partial charge in [0.2, 0.25) is 6.10 Å². The van der Waals surface area contributed by atoms with Crippen molar-refractivity contribution in [3.63, 3.8) is 0 Å². The molecule has 0 saturated carbocycles. The molecule has 0 saturated heterocycles. The van der Waals surface area contributed by atoms with E-state index >= 15 is 0 Å². The average molecular weight is 374 g/mol. The Bertz CT molecular complexity index is 915. The molecule has 1 atom stereocenters. The molecule has 1 aromatic heterocycles. The van der Waals surface area contributed by atoms with Gasteiger partial charge in [0.15, 0.2) is 17.3 Å². The van der Waals surface area contributed by atoms with Crippen molar-refractivity contribution in [2.45, 2.75) is 19.3 Å². The van der Waals surface area contributed by atoms with Gasteiger partial charge in [0.1, 0.15) is 6.61 Å². The molecule has 1 aliphatic heterocycles. The first kappa shape index (κ1) is 16.7. The average Bonchev–Trinajstić information content (AvgIpc) is 3.16. The topological polar surface area (TPSA) is 89.6 Å². The second-order valence-corrected chi connectivity index (χ2v) is 6.15. The molecule has 26 heavy (non-hydrogen) atoms. The molecule has 0 amide bonds. The zero-order chi connectivity index (χ0) is 17.9. The molecule has 0 aliphatic carbocycles. The van der Waals surface area contributed by atoms with Crippen molar-refractivity contribution < 1.29 is 19.1 Å². The minimum atomic E-state index is -0.451. The second-order valence-electron chi connectivity index (χ2n) is 5.74. The lowest BCUT2D eigenvalue weighted by Crippen LogP contribution is -2.21. The van der Waals surface area contributed by atoms with Crippen molar-refractivity contribution >= 4 is 17.3 Å². The van der Waals surface area contributed by atoms with Crippen LogP contribution in [0.2, 0.25) is 5.02 Å². The van der Waals surface area contributed by atoms with Crippen LogP contribution in [0.15, 0.2) is 47.0 Å². The number of rotatable bonds is 5. The van der Waals surface area contributed by atoms with E-state index in [0.29, 0.717) is 47.1 Å². The number of hydrogen-bond donors (Lipinski definition) is 2. The molecule has 4 rings (SSSR count). The van der Waals surface area contributed by atoms with Crippen LogP contribution in [0.1, 0.15) is 23.4 Å². The quantitative estimate of drug-likeness (QED) is 0.708. The number of hydrogen-bond acceptors (Lipinski definition) is 7. The van der Waals surface area contributed by atoms with Crippen molar-refractivity contribution in [1.29, 1.82) is 0 Å². The van der Waals surface area contributed by atoms with E-state index < -0.39 is 6.10 Å². The van der Waals surface area contributed by atoms with E-state index in [9.17, 15) is 5.11 Å². The highest BCUT2D eigenvalue weighted by Crippen LogP contribution is 2.35. The maximum Gasteiger partial charge on any atom is 0.271 e. The largest absolute Gasteiger partial charge is 0.485 e. The van der Waals surface area contributed by atoms with E-state index in [1.165, 1.54) is 0 Å². The number of anilines is 1. The Morgan fingerprint density at radius 3 is 2.88 bits per heavy atom. The number of ether oxygens (including phenoxy) is 2. The van der Waals surface area contributed by atoms with E-state index in [1.807, 2.05) is 24.3 Å². The molecule has 7 nitrogen and oxygen atoms in total. The highest BCUT2D eigenvalue weighted by atomic mass is 35.5. The van der Waals surface area contributed by atoms with Gasteiger partial charge in [-0.3, -0.25) is 0 Å². The minimum absolute atomic E-state index is 0.0568. The second kappa shape index (κ2) is 7.23. The van der Waals surface area contributed by atoms with Crippen LogP contribution in [-0.4, -0.2) is 21.9 Å². The zero-order valence-corrected chi connectivity index (χ0v) is 14.4. The van der Waals surface area contributed by atoms with E-state index in [0.717, 1.165) is 5.56 Å².